The highest BCUT2D eigenvalue weighted by atomic mass is 15.3. The van der Waals surface area contributed by atoms with Crippen molar-refractivity contribution in [1.82, 2.24) is 29.5 Å². The van der Waals surface area contributed by atoms with E-state index in [1.165, 1.54) is 23.4 Å². The minimum Gasteiger partial charge on any atom is -0.313 e. The number of likely N-dealkylation sites (tertiary alicyclic amines) is 1. The molecule has 0 bridgehead atoms. The Labute approximate surface area is 172 Å². The van der Waals surface area contributed by atoms with Crippen LogP contribution in [0, 0.1) is 0 Å². The van der Waals surface area contributed by atoms with Crippen LogP contribution < -0.4 is 0 Å². The van der Waals surface area contributed by atoms with Gasteiger partial charge >= 0.3 is 0 Å². The molecule has 0 N–H and O–H groups in total. The molecule has 0 saturated carbocycles. The highest BCUT2D eigenvalue weighted by Crippen LogP contribution is 2.28. The number of aromatic nitrogens is 4. The zero-order valence-corrected chi connectivity index (χ0v) is 16.8. The van der Waals surface area contributed by atoms with Gasteiger partial charge in [0.05, 0.1) is 0 Å². The van der Waals surface area contributed by atoms with Crippen LogP contribution in [0.15, 0.2) is 54.9 Å². The van der Waals surface area contributed by atoms with Gasteiger partial charge in [-0.25, -0.2) is 0 Å². The van der Waals surface area contributed by atoms with Crippen molar-refractivity contribution in [2.24, 2.45) is 0 Å². The topological polar surface area (TPSA) is 50.1 Å². The Kier molecular flexibility index (Phi) is 5.37. The standard InChI is InChI=1S/C23H28N6/c1-2-5-19(6-3-1)16-28-11-8-21(18-28)23-26-25-22-9-12-27(13-14-29(22)23)17-20-7-4-10-24-15-20/h1-7,10,15,21H,8-9,11-14,16-18H2. The third-order valence-electron chi connectivity index (χ3n) is 6.16. The van der Waals surface area contributed by atoms with Gasteiger partial charge < -0.3 is 4.57 Å². The van der Waals surface area contributed by atoms with Gasteiger partial charge in [-0.2, -0.15) is 0 Å². The monoisotopic (exact) mass is 388 g/mol. The lowest BCUT2D eigenvalue weighted by atomic mass is 10.1. The van der Waals surface area contributed by atoms with E-state index in [1.807, 2.05) is 18.5 Å². The predicted molar refractivity (Wildman–Crippen MR) is 112 cm³/mol. The summed E-state index contributed by atoms with van der Waals surface area (Å²) >= 11 is 0. The van der Waals surface area contributed by atoms with E-state index in [2.05, 4.69) is 65.9 Å². The number of hydrogen-bond acceptors (Lipinski definition) is 5. The van der Waals surface area contributed by atoms with Crippen LogP contribution in [0.3, 0.4) is 0 Å². The number of nitrogens with zero attached hydrogens (tertiary/aromatic N) is 6. The molecular weight excluding hydrogens is 360 g/mol. The Bertz CT molecular complexity index is 923. The molecule has 3 aromatic rings. The molecule has 150 valence electrons. The Balaban J connectivity index is 1.23. The van der Waals surface area contributed by atoms with E-state index in [4.69, 9.17) is 0 Å². The lowest BCUT2D eigenvalue weighted by molar-refractivity contribution is 0.269. The zero-order valence-electron chi connectivity index (χ0n) is 16.8. The maximum absolute atomic E-state index is 4.63. The quantitative estimate of drug-likeness (QED) is 0.673. The molecule has 6 nitrogen and oxygen atoms in total. The molecule has 0 spiro atoms. The fraction of sp³-hybridized carbons (Fsp3) is 0.435. The minimum atomic E-state index is 0.491. The van der Waals surface area contributed by atoms with Gasteiger partial charge in [-0.3, -0.25) is 14.8 Å². The lowest BCUT2D eigenvalue weighted by Crippen LogP contribution is -2.27. The average Bonchev–Trinajstić information content (AvgIpc) is 3.33. The lowest BCUT2D eigenvalue weighted by Gasteiger charge is -2.20. The van der Waals surface area contributed by atoms with Crippen LogP contribution in [0.1, 0.15) is 35.1 Å². The minimum absolute atomic E-state index is 0.491. The maximum atomic E-state index is 4.63. The second-order valence-electron chi connectivity index (χ2n) is 8.22. The molecule has 1 fully saturated rings. The maximum Gasteiger partial charge on any atom is 0.137 e. The molecule has 2 aliphatic rings. The fourth-order valence-electron chi connectivity index (χ4n) is 4.63. The van der Waals surface area contributed by atoms with Gasteiger partial charge in [-0.1, -0.05) is 36.4 Å². The van der Waals surface area contributed by atoms with Crippen LogP contribution in [0.4, 0.5) is 0 Å². The van der Waals surface area contributed by atoms with E-state index in [0.29, 0.717) is 5.92 Å². The summed E-state index contributed by atoms with van der Waals surface area (Å²) in [6.45, 7) is 7.23. The molecule has 0 radical (unpaired) electrons. The summed E-state index contributed by atoms with van der Waals surface area (Å²) in [5.74, 6) is 2.83. The molecule has 29 heavy (non-hydrogen) atoms. The molecule has 2 aromatic heterocycles. The first-order valence-electron chi connectivity index (χ1n) is 10.6. The van der Waals surface area contributed by atoms with Gasteiger partial charge in [0.1, 0.15) is 11.6 Å². The van der Waals surface area contributed by atoms with Crippen molar-refractivity contribution in [3.63, 3.8) is 0 Å². The van der Waals surface area contributed by atoms with Gasteiger partial charge in [0, 0.05) is 64.0 Å². The SMILES string of the molecule is c1ccc(CN2CCC(c3nnc4n3CCN(Cc3cccnc3)CC4)C2)cc1. The van der Waals surface area contributed by atoms with E-state index >= 15 is 0 Å². The highest BCUT2D eigenvalue weighted by molar-refractivity contribution is 5.15. The fourth-order valence-corrected chi connectivity index (χ4v) is 4.63. The Morgan fingerprint density at radius 1 is 0.828 bits per heavy atom. The van der Waals surface area contributed by atoms with E-state index < -0.39 is 0 Å². The first kappa shape index (κ1) is 18.5. The molecule has 0 aliphatic carbocycles. The molecule has 4 heterocycles. The third-order valence-corrected chi connectivity index (χ3v) is 6.16. The first-order valence-corrected chi connectivity index (χ1v) is 10.6. The summed E-state index contributed by atoms with van der Waals surface area (Å²) in [5.41, 5.74) is 2.66. The van der Waals surface area contributed by atoms with Crippen LogP contribution >= 0.6 is 0 Å². The van der Waals surface area contributed by atoms with Crippen LogP contribution in [-0.4, -0.2) is 55.7 Å². The average molecular weight is 389 g/mol. The van der Waals surface area contributed by atoms with Crippen molar-refractivity contribution in [2.45, 2.75) is 38.4 Å². The van der Waals surface area contributed by atoms with Gasteiger partial charge in [-0.15, -0.1) is 10.2 Å². The first-order chi connectivity index (χ1) is 14.3. The van der Waals surface area contributed by atoms with Crippen molar-refractivity contribution < 1.29 is 0 Å². The van der Waals surface area contributed by atoms with Gasteiger partial charge in [0.2, 0.25) is 0 Å². The molecule has 1 unspecified atom stereocenters. The van der Waals surface area contributed by atoms with E-state index in [-0.39, 0.29) is 0 Å². The van der Waals surface area contributed by atoms with Crippen molar-refractivity contribution in [2.75, 3.05) is 26.2 Å². The predicted octanol–water partition coefficient (Wildman–Crippen LogP) is 2.72. The number of pyridine rings is 1. The van der Waals surface area contributed by atoms with Crippen molar-refractivity contribution in [3.8, 4) is 0 Å². The largest absolute Gasteiger partial charge is 0.313 e. The van der Waals surface area contributed by atoms with Gasteiger partial charge in [-0.05, 0) is 30.2 Å². The molecule has 2 aliphatic heterocycles. The number of benzene rings is 1. The summed E-state index contributed by atoms with van der Waals surface area (Å²) in [5, 5.41) is 9.20. The van der Waals surface area contributed by atoms with Crippen LogP contribution in [0.25, 0.3) is 0 Å². The summed E-state index contributed by atoms with van der Waals surface area (Å²) in [6.07, 6.45) is 5.94. The van der Waals surface area contributed by atoms with Gasteiger partial charge in [0.15, 0.2) is 0 Å². The second-order valence-corrected chi connectivity index (χ2v) is 8.22. The van der Waals surface area contributed by atoms with E-state index in [1.54, 1.807) is 0 Å². The Morgan fingerprint density at radius 2 is 1.69 bits per heavy atom. The second kappa shape index (κ2) is 8.43. The Hall–Kier alpha value is -2.57. The summed E-state index contributed by atoms with van der Waals surface area (Å²) in [7, 11) is 0. The smallest absolute Gasteiger partial charge is 0.137 e. The summed E-state index contributed by atoms with van der Waals surface area (Å²) < 4.78 is 2.40. The normalized spacial score (nSPS) is 20.5. The van der Waals surface area contributed by atoms with Crippen molar-refractivity contribution >= 4 is 0 Å². The summed E-state index contributed by atoms with van der Waals surface area (Å²) in [4.78, 5) is 9.30. The summed E-state index contributed by atoms with van der Waals surface area (Å²) in [6, 6.07) is 14.9. The van der Waals surface area contributed by atoms with E-state index in [9.17, 15) is 0 Å². The molecule has 0 amide bonds. The number of hydrogen-bond donors (Lipinski definition) is 0. The molecule has 1 saturated heterocycles. The number of rotatable bonds is 5. The zero-order chi connectivity index (χ0) is 19.5. The third kappa shape index (κ3) is 4.23. The number of fused-ring (bicyclic) bond motifs is 1. The van der Waals surface area contributed by atoms with Gasteiger partial charge in [0.25, 0.3) is 0 Å². The molecular formula is C23H28N6. The van der Waals surface area contributed by atoms with Crippen LogP contribution in [0.5, 0.6) is 0 Å². The van der Waals surface area contributed by atoms with E-state index in [0.717, 1.165) is 58.1 Å². The molecule has 5 rings (SSSR count). The van der Waals surface area contributed by atoms with Crippen molar-refractivity contribution in [1.29, 1.82) is 0 Å². The molecule has 6 heteroatoms. The molecule has 1 atom stereocenters. The van der Waals surface area contributed by atoms with Crippen molar-refractivity contribution in [3.05, 3.63) is 77.6 Å². The molecule has 1 aromatic carbocycles. The highest BCUT2D eigenvalue weighted by Gasteiger charge is 2.30. The Morgan fingerprint density at radius 3 is 2.55 bits per heavy atom. The van der Waals surface area contributed by atoms with Crippen LogP contribution in [-0.2, 0) is 26.1 Å². The van der Waals surface area contributed by atoms with Crippen LogP contribution in [0.2, 0.25) is 0 Å².